The number of carbonyl (C=O) groups is 2. The van der Waals surface area contributed by atoms with Gasteiger partial charge >= 0.3 is 5.97 Å². The third-order valence-electron chi connectivity index (χ3n) is 8.56. The molecule has 9 nitrogen and oxygen atoms in total. The van der Waals surface area contributed by atoms with Crippen molar-refractivity contribution in [1.82, 2.24) is 15.2 Å². The Balaban J connectivity index is 1.58. The maximum absolute atomic E-state index is 15.9. The summed E-state index contributed by atoms with van der Waals surface area (Å²) in [6.45, 7) is 6.78. The summed E-state index contributed by atoms with van der Waals surface area (Å²) >= 11 is 0. The van der Waals surface area contributed by atoms with E-state index in [0.29, 0.717) is 30.0 Å². The number of amides is 1. The summed E-state index contributed by atoms with van der Waals surface area (Å²) in [4.78, 5) is 39.1. The second kappa shape index (κ2) is 9.31. The SMILES string of the molecule is COc1c(N2C[C@]3(C)CCCN[C@]3(C)C2)c(F)cc2c(=O)c(C(=O)NCCCC(=O)O)cn(C3CC3)c12. The number of fused-ring (bicyclic) bond motifs is 2. The minimum absolute atomic E-state index is 0.0313. The van der Waals surface area contributed by atoms with E-state index in [1.165, 1.54) is 13.2 Å². The van der Waals surface area contributed by atoms with Gasteiger partial charge in [-0.05, 0) is 51.6 Å². The van der Waals surface area contributed by atoms with Gasteiger partial charge in [-0.1, -0.05) is 6.92 Å². The quantitative estimate of drug-likeness (QED) is 0.464. The molecule has 5 rings (SSSR count). The number of rotatable bonds is 8. The average Bonchev–Trinajstić information content (AvgIpc) is 3.64. The number of halogens is 1. The fraction of sp³-hybridized carbons (Fsp3) is 0.593. The normalized spacial score (nSPS) is 25.2. The molecule has 2 aliphatic heterocycles. The van der Waals surface area contributed by atoms with Gasteiger partial charge in [-0.2, -0.15) is 0 Å². The van der Waals surface area contributed by atoms with Gasteiger partial charge in [-0.3, -0.25) is 14.4 Å². The number of aromatic nitrogens is 1. The Labute approximate surface area is 215 Å². The van der Waals surface area contributed by atoms with Crippen molar-refractivity contribution >= 4 is 28.5 Å². The summed E-state index contributed by atoms with van der Waals surface area (Å²) in [5.74, 6) is -1.77. The molecule has 1 aromatic heterocycles. The summed E-state index contributed by atoms with van der Waals surface area (Å²) in [5.41, 5.74) is 0.00925. The lowest BCUT2D eigenvalue weighted by Gasteiger charge is -2.44. The number of anilines is 1. The number of nitrogens with zero attached hydrogens (tertiary/aromatic N) is 2. The molecule has 2 saturated heterocycles. The summed E-state index contributed by atoms with van der Waals surface area (Å²) in [6.07, 6.45) is 5.60. The highest BCUT2D eigenvalue weighted by atomic mass is 19.1. The molecule has 0 unspecified atom stereocenters. The molecule has 0 spiro atoms. The van der Waals surface area contributed by atoms with Gasteiger partial charge in [0.1, 0.15) is 11.3 Å². The van der Waals surface area contributed by atoms with Crippen LogP contribution >= 0.6 is 0 Å². The maximum Gasteiger partial charge on any atom is 0.303 e. The standard InChI is InChI=1S/C27H35FN4O5/c1-26-9-5-11-30-27(26,2)15-31(14-26)22-19(28)12-17-21(24(22)37-3)32(16-7-8-16)13-18(23(17)35)25(36)29-10-4-6-20(33)34/h12-13,16,30H,4-11,14-15H2,1-3H3,(H,29,36)(H,33,34)/t26-,27+/m0/s1. The second-order valence-corrected chi connectivity index (χ2v) is 11.2. The molecular weight excluding hydrogens is 479 g/mol. The number of pyridine rings is 1. The van der Waals surface area contributed by atoms with Crippen LogP contribution in [0.5, 0.6) is 5.75 Å². The van der Waals surface area contributed by atoms with Gasteiger partial charge in [-0.25, -0.2) is 4.39 Å². The highest BCUT2D eigenvalue weighted by Crippen LogP contribution is 2.50. The first-order valence-corrected chi connectivity index (χ1v) is 13.0. The van der Waals surface area contributed by atoms with Crippen molar-refractivity contribution in [2.45, 2.75) is 64.0 Å². The molecule has 37 heavy (non-hydrogen) atoms. The minimum Gasteiger partial charge on any atom is -0.492 e. The fourth-order valence-electron chi connectivity index (χ4n) is 6.12. The monoisotopic (exact) mass is 514 g/mol. The number of aliphatic carboxylic acids is 1. The van der Waals surface area contributed by atoms with E-state index in [4.69, 9.17) is 9.84 Å². The summed E-state index contributed by atoms with van der Waals surface area (Å²) in [7, 11) is 1.49. The molecular formula is C27H35FN4O5. The number of piperidine rings is 1. The number of ether oxygens (including phenoxy) is 1. The van der Waals surface area contributed by atoms with Crippen LogP contribution in [-0.2, 0) is 4.79 Å². The van der Waals surface area contributed by atoms with Crippen LogP contribution in [0.2, 0.25) is 0 Å². The molecule has 1 amide bonds. The van der Waals surface area contributed by atoms with Crippen LogP contribution in [0.4, 0.5) is 10.1 Å². The third kappa shape index (κ3) is 4.35. The Kier molecular flexibility index (Phi) is 6.42. The van der Waals surface area contributed by atoms with Crippen LogP contribution in [0.1, 0.15) is 68.8 Å². The van der Waals surface area contributed by atoms with Gasteiger partial charge in [0.15, 0.2) is 11.6 Å². The predicted molar refractivity (Wildman–Crippen MR) is 138 cm³/mol. The zero-order chi connectivity index (χ0) is 26.5. The molecule has 3 N–H and O–H groups in total. The van der Waals surface area contributed by atoms with Crippen molar-refractivity contribution in [3.8, 4) is 5.75 Å². The van der Waals surface area contributed by atoms with Crippen molar-refractivity contribution in [1.29, 1.82) is 0 Å². The van der Waals surface area contributed by atoms with Crippen molar-refractivity contribution in [3.63, 3.8) is 0 Å². The average molecular weight is 515 g/mol. The number of carboxylic acids is 1. The number of carboxylic acid groups (broad SMARTS) is 1. The highest BCUT2D eigenvalue weighted by molar-refractivity contribution is 6.00. The summed E-state index contributed by atoms with van der Waals surface area (Å²) in [5, 5.41) is 15.2. The number of hydrogen-bond donors (Lipinski definition) is 3. The van der Waals surface area contributed by atoms with E-state index < -0.39 is 23.1 Å². The first-order valence-electron chi connectivity index (χ1n) is 13.0. The van der Waals surface area contributed by atoms with E-state index in [1.54, 1.807) is 6.20 Å². The molecule has 3 fully saturated rings. The molecule has 0 radical (unpaired) electrons. The van der Waals surface area contributed by atoms with E-state index in [2.05, 4.69) is 24.5 Å². The molecule has 2 atom stereocenters. The van der Waals surface area contributed by atoms with Gasteiger partial charge in [-0.15, -0.1) is 0 Å². The van der Waals surface area contributed by atoms with Gasteiger partial charge in [0.25, 0.3) is 5.91 Å². The third-order valence-corrected chi connectivity index (χ3v) is 8.56. The smallest absolute Gasteiger partial charge is 0.303 e. The number of hydrogen-bond acceptors (Lipinski definition) is 6. The molecule has 0 bridgehead atoms. The Bertz CT molecular complexity index is 1300. The van der Waals surface area contributed by atoms with E-state index in [9.17, 15) is 14.4 Å². The Morgan fingerprint density at radius 3 is 2.70 bits per heavy atom. The molecule has 200 valence electrons. The summed E-state index contributed by atoms with van der Waals surface area (Å²) in [6, 6.07) is 1.34. The molecule has 3 aliphatic rings. The minimum atomic E-state index is -0.953. The molecule has 10 heteroatoms. The van der Waals surface area contributed by atoms with Gasteiger partial charge < -0.3 is 29.9 Å². The van der Waals surface area contributed by atoms with E-state index in [0.717, 1.165) is 32.2 Å². The Hall–Kier alpha value is -3.14. The largest absolute Gasteiger partial charge is 0.492 e. The highest BCUT2D eigenvalue weighted by Gasteiger charge is 2.53. The van der Waals surface area contributed by atoms with Gasteiger partial charge in [0.2, 0.25) is 5.43 Å². The number of nitrogens with one attached hydrogen (secondary N) is 2. The topological polar surface area (TPSA) is 113 Å². The van der Waals surface area contributed by atoms with Crippen LogP contribution in [0.15, 0.2) is 17.1 Å². The zero-order valence-electron chi connectivity index (χ0n) is 21.7. The molecule has 1 saturated carbocycles. The predicted octanol–water partition coefficient (Wildman–Crippen LogP) is 3.05. The van der Waals surface area contributed by atoms with Crippen LogP contribution in [0, 0.1) is 11.2 Å². The first-order chi connectivity index (χ1) is 17.6. The van der Waals surface area contributed by atoms with Crippen molar-refractivity contribution in [3.05, 3.63) is 33.9 Å². The van der Waals surface area contributed by atoms with Crippen LogP contribution in [-0.4, -0.2) is 60.4 Å². The lowest BCUT2D eigenvalue weighted by molar-refractivity contribution is -0.137. The lowest BCUT2D eigenvalue weighted by Crippen LogP contribution is -2.58. The Morgan fingerprint density at radius 1 is 1.30 bits per heavy atom. The molecule has 1 aromatic carbocycles. The van der Waals surface area contributed by atoms with Crippen molar-refractivity contribution in [2.24, 2.45) is 5.41 Å². The number of benzene rings is 1. The van der Waals surface area contributed by atoms with E-state index in [-0.39, 0.29) is 47.3 Å². The van der Waals surface area contributed by atoms with Crippen molar-refractivity contribution < 1.29 is 23.8 Å². The Morgan fingerprint density at radius 2 is 2.05 bits per heavy atom. The molecule has 2 aromatic rings. The number of methoxy groups -OCH3 is 1. The molecule has 1 aliphatic carbocycles. The fourth-order valence-corrected chi connectivity index (χ4v) is 6.12. The number of carbonyl (C=O) groups excluding carboxylic acids is 1. The van der Waals surface area contributed by atoms with Gasteiger partial charge in [0.05, 0.1) is 18.0 Å². The zero-order valence-corrected chi connectivity index (χ0v) is 21.7. The maximum atomic E-state index is 15.9. The first kappa shape index (κ1) is 25.5. The van der Waals surface area contributed by atoms with Crippen LogP contribution in [0.25, 0.3) is 10.9 Å². The van der Waals surface area contributed by atoms with Gasteiger partial charge in [0, 0.05) is 49.2 Å². The van der Waals surface area contributed by atoms with Crippen LogP contribution in [0.3, 0.4) is 0 Å². The van der Waals surface area contributed by atoms with E-state index in [1.807, 2.05) is 9.47 Å². The second-order valence-electron chi connectivity index (χ2n) is 11.2. The van der Waals surface area contributed by atoms with E-state index >= 15 is 4.39 Å². The molecule has 3 heterocycles. The lowest BCUT2D eigenvalue weighted by atomic mass is 9.69. The van der Waals surface area contributed by atoms with Crippen molar-refractivity contribution in [2.75, 3.05) is 38.2 Å². The van der Waals surface area contributed by atoms with Crippen LogP contribution < -0.4 is 25.7 Å². The summed E-state index contributed by atoms with van der Waals surface area (Å²) < 4.78 is 23.6.